The van der Waals surface area contributed by atoms with E-state index in [0.717, 1.165) is 19.5 Å². The number of carbonyl (C=O) groups excluding carboxylic acids is 1. The van der Waals surface area contributed by atoms with E-state index in [9.17, 15) is 9.70 Å². The van der Waals surface area contributed by atoms with Gasteiger partial charge in [0.15, 0.2) is 0 Å². The van der Waals surface area contributed by atoms with E-state index in [1.54, 1.807) is 0 Å². The van der Waals surface area contributed by atoms with Crippen LogP contribution in [0.3, 0.4) is 0 Å². The molecular formula is C6H10N2O2. The van der Waals surface area contributed by atoms with Crippen LogP contribution in [0.25, 0.3) is 0 Å². The minimum atomic E-state index is -0.520. The first-order valence-corrected chi connectivity index (χ1v) is 3.40. The summed E-state index contributed by atoms with van der Waals surface area (Å²) >= 11 is 0. The lowest BCUT2D eigenvalue weighted by atomic mass is 10.1. The van der Waals surface area contributed by atoms with Gasteiger partial charge in [0.05, 0.1) is 0 Å². The third-order valence-electron chi connectivity index (χ3n) is 1.73. The second-order valence-corrected chi connectivity index (χ2v) is 2.55. The molecule has 1 heterocycles. The summed E-state index contributed by atoms with van der Waals surface area (Å²) in [6, 6.07) is 0. The smallest absolute Gasteiger partial charge is 0.286 e. The Morgan fingerprint density at radius 2 is 2.50 bits per heavy atom. The number of hydrogen-bond acceptors (Lipinski definition) is 3. The third kappa shape index (κ3) is 1.88. The Morgan fingerprint density at radius 1 is 1.70 bits per heavy atom. The van der Waals surface area contributed by atoms with Crippen molar-refractivity contribution in [3.8, 4) is 0 Å². The molecule has 1 unspecified atom stereocenters. The highest BCUT2D eigenvalue weighted by atomic mass is 16.3. The molecular weight excluding hydrogens is 132 g/mol. The lowest BCUT2D eigenvalue weighted by Gasteiger charge is -2.00. The van der Waals surface area contributed by atoms with Gasteiger partial charge in [0.2, 0.25) is 0 Å². The highest BCUT2D eigenvalue weighted by Gasteiger charge is 2.17. The highest BCUT2D eigenvalue weighted by molar-refractivity contribution is 5.76. The second kappa shape index (κ2) is 3.41. The van der Waals surface area contributed by atoms with Crippen LogP contribution in [0, 0.1) is 10.8 Å². The average molecular weight is 142 g/mol. The highest BCUT2D eigenvalue weighted by Crippen LogP contribution is 2.12. The standard InChI is InChI=1S/C6H10N2O2/c9-6(8-10)3-5-1-2-7-4-5/h5,7H,1-4H2. The molecule has 1 atom stereocenters. The average Bonchev–Trinajstić information content (AvgIpc) is 2.40. The first-order chi connectivity index (χ1) is 4.83. The Bertz CT molecular complexity index is 141. The molecule has 0 radical (unpaired) electrons. The molecule has 0 aromatic heterocycles. The summed E-state index contributed by atoms with van der Waals surface area (Å²) in [6.45, 7) is 1.80. The van der Waals surface area contributed by atoms with Gasteiger partial charge in [-0.3, -0.25) is 4.79 Å². The molecule has 1 aliphatic rings. The molecule has 1 N–H and O–H groups in total. The van der Waals surface area contributed by atoms with E-state index in [1.807, 2.05) is 0 Å². The summed E-state index contributed by atoms with van der Waals surface area (Å²) in [4.78, 5) is 20.1. The molecule has 0 aromatic rings. The maximum absolute atomic E-state index is 10.5. The molecule has 0 bridgehead atoms. The molecule has 0 aromatic carbocycles. The predicted octanol–water partition coefficient (Wildman–Crippen LogP) is 0.279. The third-order valence-corrected chi connectivity index (χ3v) is 1.73. The number of nitrogens with one attached hydrogen (secondary N) is 1. The zero-order valence-corrected chi connectivity index (χ0v) is 5.67. The molecule has 0 aliphatic carbocycles. The quantitative estimate of drug-likeness (QED) is 0.563. The van der Waals surface area contributed by atoms with Gasteiger partial charge in [-0.25, -0.2) is 0 Å². The van der Waals surface area contributed by atoms with Crippen LogP contribution in [0.4, 0.5) is 0 Å². The Kier molecular flexibility index (Phi) is 2.50. The van der Waals surface area contributed by atoms with Crippen LogP contribution in [-0.4, -0.2) is 19.0 Å². The van der Waals surface area contributed by atoms with Crippen molar-refractivity contribution >= 4 is 5.91 Å². The second-order valence-electron chi connectivity index (χ2n) is 2.55. The topological polar surface area (TPSA) is 58.5 Å². The van der Waals surface area contributed by atoms with Crippen molar-refractivity contribution in [2.75, 3.05) is 13.1 Å². The predicted molar refractivity (Wildman–Crippen MR) is 36.4 cm³/mol. The molecule has 1 amide bonds. The van der Waals surface area contributed by atoms with E-state index in [1.165, 1.54) is 0 Å². The zero-order chi connectivity index (χ0) is 7.40. The molecule has 1 aliphatic heterocycles. The number of amides is 1. The lowest BCUT2D eigenvalue weighted by molar-refractivity contribution is -0.118. The Hall–Kier alpha value is -0.770. The molecule has 10 heavy (non-hydrogen) atoms. The van der Waals surface area contributed by atoms with Gasteiger partial charge < -0.3 is 5.32 Å². The summed E-state index contributed by atoms with van der Waals surface area (Å²) < 4.78 is 0. The van der Waals surface area contributed by atoms with Crippen LogP contribution in [0.1, 0.15) is 12.8 Å². The maximum atomic E-state index is 10.5. The Morgan fingerprint density at radius 3 is 3.00 bits per heavy atom. The lowest BCUT2D eigenvalue weighted by Crippen LogP contribution is -2.11. The Labute approximate surface area is 59.0 Å². The van der Waals surface area contributed by atoms with E-state index in [-0.39, 0.29) is 0 Å². The fourth-order valence-electron chi connectivity index (χ4n) is 1.17. The van der Waals surface area contributed by atoms with Gasteiger partial charge in [-0.15, -0.1) is 4.91 Å². The number of nitrogens with zero attached hydrogens (tertiary/aromatic N) is 1. The van der Waals surface area contributed by atoms with Crippen molar-refractivity contribution < 1.29 is 4.79 Å². The van der Waals surface area contributed by atoms with Gasteiger partial charge in [-0.05, 0) is 25.4 Å². The van der Waals surface area contributed by atoms with E-state index in [0.29, 0.717) is 12.3 Å². The SMILES string of the molecule is O=NC(=O)CC1CCNC1. The molecule has 4 heteroatoms. The van der Waals surface area contributed by atoms with Crippen molar-refractivity contribution in [1.82, 2.24) is 5.32 Å². The van der Waals surface area contributed by atoms with Gasteiger partial charge in [0.25, 0.3) is 5.91 Å². The fraction of sp³-hybridized carbons (Fsp3) is 0.833. The van der Waals surface area contributed by atoms with Gasteiger partial charge in [-0.1, -0.05) is 0 Å². The van der Waals surface area contributed by atoms with Crippen LogP contribution < -0.4 is 5.32 Å². The van der Waals surface area contributed by atoms with E-state index >= 15 is 0 Å². The number of hydrogen-bond donors (Lipinski definition) is 1. The first kappa shape index (κ1) is 7.34. The number of nitroso groups, excluding NO2 is 1. The summed E-state index contributed by atoms with van der Waals surface area (Å²) in [7, 11) is 0. The maximum Gasteiger partial charge on any atom is 0.286 e. The molecule has 1 saturated heterocycles. The summed E-state index contributed by atoms with van der Waals surface area (Å²) in [5.41, 5.74) is 0. The first-order valence-electron chi connectivity index (χ1n) is 3.40. The van der Waals surface area contributed by atoms with Crippen LogP contribution in [0.2, 0.25) is 0 Å². The van der Waals surface area contributed by atoms with Crippen molar-refractivity contribution in [2.24, 2.45) is 11.1 Å². The van der Waals surface area contributed by atoms with Crippen molar-refractivity contribution in [1.29, 1.82) is 0 Å². The fourth-order valence-corrected chi connectivity index (χ4v) is 1.17. The van der Waals surface area contributed by atoms with Gasteiger partial charge in [-0.2, -0.15) is 0 Å². The number of rotatable bonds is 2. The van der Waals surface area contributed by atoms with Gasteiger partial charge in [0, 0.05) is 11.6 Å². The van der Waals surface area contributed by atoms with Crippen molar-refractivity contribution in [3.05, 3.63) is 4.91 Å². The van der Waals surface area contributed by atoms with E-state index in [4.69, 9.17) is 0 Å². The van der Waals surface area contributed by atoms with Gasteiger partial charge >= 0.3 is 0 Å². The summed E-state index contributed by atoms with van der Waals surface area (Å²) in [6.07, 6.45) is 1.30. The van der Waals surface area contributed by atoms with Crippen molar-refractivity contribution in [3.63, 3.8) is 0 Å². The monoisotopic (exact) mass is 142 g/mol. The molecule has 56 valence electrons. The zero-order valence-electron chi connectivity index (χ0n) is 5.67. The van der Waals surface area contributed by atoms with Crippen LogP contribution in [-0.2, 0) is 4.79 Å². The molecule has 4 nitrogen and oxygen atoms in total. The molecule has 0 spiro atoms. The summed E-state index contributed by atoms with van der Waals surface area (Å²) in [5, 5.41) is 5.44. The Balaban J connectivity index is 2.23. The molecule has 0 saturated carbocycles. The minimum absolute atomic E-state index is 0.316. The molecule has 1 rings (SSSR count). The minimum Gasteiger partial charge on any atom is -0.316 e. The van der Waals surface area contributed by atoms with Crippen LogP contribution in [0.5, 0.6) is 0 Å². The van der Waals surface area contributed by atoms with Crippen molar-refractivity contribution in [2.45, 2.75) is 12.8 Å². The van der Waals surface area contributed by atoms with Crippen LogP contribution >= 0.6 is 0 Å². The molecule has 1 fully saturated rings. The normalized spacial score (nSPS) is 24.6. The number of carbonyl (C=O) groups is 1. The summed E-state index contributed by atoms with van der Waals surface area (Å²) in [5.74, 6) is -0.182. The van der Waals surface area contributed by atoms with Gasteiger partial charge in [0.1, 0.15) is 0 Å². The largest absolute Gasteiger partial charge is 0.316 e. The van der Waals surface area contributed by atoms with E-state index in [2.05, 4.69) is 10.5 Å². The van der Waals surface area contributed by atoms with Crippen LogP contribution in [0.15, 0.2) is 5.18 Å². The van der Waals surface area contributed by atoms with E-state index < -0.39 is 5.91 Å².